The molecule has 106 valence electrons. The summed E-state index contributed by atoms with van der Waals surface area (Å²) >= 11 is 0. The summed E-state index contributed by atoms with van der Waals surface area (Å²) in [6.07, 6.45) is 4.57. The first-order chi connectivity index (χ1) is 8.64. The molecule has 2 atom stereocenters. The Hall–Kier alpha value is -0.170. The molecule has 0 aromatic rings. The van der Waals surface area contributed by atoms with E-state index in [9.17, 15) is 8.42 Å². The lowest BCUT2D eigenvalue weighted by Crippen LogP contribution is -2.47. The maximum atomic E-state index is 12.5. The third-order valence-corrected chi connectivity index (χ3v) is 6.22. The fourth-order valence-electron chi connectivity index (χ4n) is 2.89. The van der Waals surface area contributed by atoms with E-state index >= 15 is 0 Å². The molecule has 2 heterocycles. The monoisotopic (exact) mass is 276 g/mol. The Morgan fingerprint density at radius 1 is 1.28 bits per heavy atom. The molecular weight excluding hydrogens is 252 g/mol. The van der Waals surface area contributed by atoms with Crippen molar-refractivity contribution in [2.75, 3.05) is 32.8 Å². The number of nitrogens with zero attached hydrogens (tertiary/aromatic N) is 1. The lowest BCUT2D eigenvalue weighted by atomic mass is 9.96. The van der Waals surface area contributed by atoms with E-state index < -0.39 is 10.0 Å². The van der Waals surface area contributed by atoms with Crippen LogP contribution in [0.1, 0.15) is 32.1 Å². The molecule has 2 saturated heterocycles. The number of rotatable bonds is 4. The van der Waals surface area contributed by atoms with Crippen LogP contribution in [-0.2, 0) is 14.8 Å². The van der Waals surface area contributed by atoms with Crippen LogP contribution in [0.2, 0.25) is 0 Å². The third kappa shape index (κ3) is 3.23. The molecule has 2 N–H and O–H groups in total. The van der Waals surface area contributed by atoms with Crippen molar-refractivity contribution in [3.63, 3.8) is 0 Å². The molecule has 2 fully saturated rings. The van der Waals surface area contributed by atoms with E-state index in [1.54, 1.807) is 4.31 Å². The van der Waals surface area contributed by atoms with Gasteiger partial charge in [-0.25, -0.2) is 12.7 Å². The Labute approximate surface area is 110 Å². The number of nitrogens with two attached hydrogens (primary N) is 1. The normalized spacial score (nSPS) is 31.4. The molecule has 0 aromatic heterocycles. The number of ether oxygens (including phenoxy) is 1. The molecular formula is C12H24N2O3S. The predicted molar refractivity (Wildman–Crippen MR) is 70.7 cm³/mol. The van der Waals surface area contributed by atoms with Gasteiger partial charge in [-0.3, -0.25) is 0 Å². The van der Waals surface area contributed by atoms with Crippen LogP contribution in [0, 0.1) is 5.92 Å². The van der Waals surface area contributed by atoms with Gasteiger partial charge < -0.3 is 10.5 Å². The maximum absolute atomic E-state index is 12.5. The third-order valence-electron chi connectivity index (χ3n) is 3.96. The van der Waals surface area contributed by atoms with E-state index in [0.29, 0.717) is 38.8 Å². The van der Waals surface area contributed by atoms with E-state index in [1.807, 2.05) is 0 Å². The van der Waals surface area contributed by atoms with Crippen molar-refractivity contribution in [1.82, 2.24) is 4.31 Å². The van der Waals surface area contributed by atoms with Crippen molar-refractivity contribution in [2.45, 2.75) is 37.4 Å². The van der Waals surface area contributed by atoms with Gasteiger partial charge in [0.1, 0.15) is 0 Å². The van der Waals surface area contributed by atoms with Crippen molar-refractivity contribution in [2.24, 2.45) is 11.7 Å². The van der Waals surface area contributed by atoms with E-state index in [4.69, 9.17) is 10.5 Å². The first-order valence-electron chi connectivity index (χ1n) is 6.91. The maximum Gasteiger partial charge on any atom is 0.219 e. The smallest absolute Gasteiger partial charge is 0.219 e. The SMILES string of the molecule is NCCC1CCCN(S(=O)(=O)C2CCCOC2)C1. The molecule has 5 nitrogen and oxygen atoms in total. The van der Waals surface area contributed by atoms with Crippen molar-refractivity contribution in [3.05, 3.63) is 0 Å². The van der Waals surface area contributed by atoms with Crippen LogP contribution >= 0.6 is 0 Å². The van der Waals surface area contributed by atoms with Crippen molar-refractivity contribution >= 4 is 10.0 Å². The molecule has 0 saturated carbocycles. The highest BCUT2D eigenvalue weighted by Crippen LogP contribution is 2.25. The van der Waals surface area contributed by atoms with Gasteiger partial charge in [0, 0.05) is 19.7 Å². The minimum absolute atomic E-state index is 0.331. The van der Waals surface area contributed by atoms with Crippen molar-refractivity contribution in [3.8, 4) is 0 Å². The van der Waals surface area contributed by atoms with E-state index in [-0.39, 0.29) is 5.25 Å². The molecule has 2 aliphatic rings. The highest BCUT2D eigenvalue weighted by Gasteiger charge is 2.35. The first-order valence-corrected chi connectivity index (χ1v) is 8.41. The minimum atomic E-state index is -3.17. The molecule has 2 aliphatic heterocycles. The molecule has 0 radical (unpaired) electrons. The van der Waals surface area contributed by atoms with Crippen LogP contribution in [0.25, 0.3) is 0 Å². The molecule has 2 rings (SSSR count). The predicted octanol–water partition coefficient (Wildman–Crippen LogP) is 0.556. The second-order valence-corrected chi connectivity index (χ2v) is 7.54. The zero-order chi connectivity index (χ0) is 13.0. The van der Waals surface area contributed by atoms with E-state index in [1.165, 1.54) is 0 Å². The van der Waals surface area contributed by atoms with Crippen molar-refractivity contribution < 1.29 is 13.2 Å². The molecule has 0 aliphatic carbocycles. The highest BCUT2D eigenvalue weighted by molar-refractivity contribution is 7.89. The molecule has 2 unspecified atom stereocenters. The molecule has 0 bridgehead atoms. The van der Waals surface area contributed by atoms with Gasteiger partial charge >= 0.3 is 0 Å². The summed E-state index contributed by atoms with van der Waals surface area (Å²) in [5, 5.41) is -0.331. The molecule has 0 spiro atoms. The Morgan fingerprint density at radius 3 is 2.78 bits per heavy atom. The van der Waals surface area contributed by atoms with Gasteiger partial charge in [-0.05, 0) is 44.6 Å². The highest BCUT2D eigenvalue weighted by atomic mass is 32.2. The first kappa shape index (κ1) is 14.2. The van der Waals surface area contributed by atoms with E-state index in [2.05, 4.69) is 0 Å². The van der Waals surface area contributed by atoms with Gasteiger partial charge in [0.25, 0.3) is 0 Å². The molecule has 6 heteroatoms. The number of hydrogen-bond acceptors (Lipinski definition) is 4. The molecule has 0 aromatic carbocycles. The molecule has 18 heavy (non-hydrogen) atoms. The van der Waals surface area contributed by atoms with Crippen LogP contribution in [0.15, 0.2) is 0 Å². The summed E-state index contributed by atoms with van der Waals surface area (Å²) in [5.41, 5.74) is 5.57. The van der Waals surface area contributed by atoms with Gasteiger partial charge in [0.2, 0.25) is 10.0 Å². The quantitative estimate of drug-likeness (QED) is 0.814. The summed E-state index contributed by atoms with van der Waals surface area (Å²) in [6.45, 7) is 3.02. The molecule has 0 amide bonds. The number of hydrogen-bond donors (Lipinski definition) is 1. The van der Waals surface area contributed by atoms with Crippen molar-refractivity contribution in [1.29, 1.82) is 0 Å². The van der Waals surface area contributed by atoms with Gasteiger partial charge in [-0.15, -0.1) is 0 Å². The summed E-state index contributed by atoms with van der Waals surface area (Å²) in [6, 6.07) is 0. The summed E-state index contributed by atoms with van der Waals surface area (Å²) in [7, 11) is -3.17. The summed E-state index contributed by atoms with van der Waals surface area (Å²) < 4.78 is 32.0. The fourth-order valence-corrected chi connectivity index (χ4v) is 4.84. The van der Waals surface area contributed by atoms with E-state index in [0.717, 1.165) is 32.1 Å². The number of piperidine rings is 1. The average Bonchev–Trinajstić information content (AvgIpc) is 2.40. The second kappa shape index (κ2) is 6.32. The van der Waals surface area contributed by atoms with Gasteiger partial charge in [0.15, 0.2) is 0 Å². The lowest BCUT2D eigenvalue weighted by Gasteiger charge is -2.35. The Morgan fingerprint density at radius 2 is 2.11 bits per heavy atom. The summed E-state index contributed by atoms with van der Waals surface area (Å²) in [4.78, 5) is 0. The van der Waals surface area contributed by atoms with Crippen LogP contribution < -0.4 is 5.73 Å². The minimum Gasteiger partial charge on any atom is -0.380 e. The van der Waals surface area contributed by atoms with Crippen LogP contribution in [0.5, 0.6) is 0 Å². The topological polar surface area (TPSA) is 72.6 Å². The average molecular weight is 276 g/mol. The fraction of sp³-hybridized carbons (Fsp3) is 1.00. The zero-order valence-electron chi connectivity index (χ0n) is 10.9. The van der Waals surface area contributed by atoms with Gasteiger partial charge in [0.05, 0.1) is 11.9 Å². The van der Waals surface area contributed by atoms with Crippen LogP contribution in [0.3, 0.4) is 0 Å². The standard InChI is InChI=1S/C12H24N2O3S/c13-6-5-11-3-1-7-14(9-11)18(15,16)12-4-2-8-17-10-12/h11-12H,1-10,13H2. The van der Waals surface area contributed by atoms with Gasteiger partial charge in [-0.2, -0.15) is 0 Å². The zero-order valence-corrected chi connectivity index (χ0v) is 11.7. The second-order valence-electron chi connectivity index (χ2n) is 5.33. The van der Waals surface area contributed by atoms with Crippen LogP contribution in [-0.4, -0.2) is 50.8 Å². The lowest BCUT2D eigenvalue weighted by molar-refractivity contribution is 0.0966. The van der Waals surface area contributed by atoms with Crippen LogP contribution in [0.4, 0.5) is 0 Å². The largest absolute Gasteiger partial charge is 0.380 e. The summed E-state index contributed by atoms with van der Waals surface area (Å²) in [5.74, 6) is 0.433. The van der Waals surface area contributed by atoms with Gasteiger partial charge in [-0.1, -0.05) is 0 Å². The Balaban J connectivity index is 1.99. The number of sulfonamides is 1. The Kier molecular flexibility index (Phi) is 5.00. The Bertz CT molecular complexity index is 350.